The zero-order valence-electron chi connectivity index (χ0n) is 11.4. The Morgan fingerprint density at radius 2 is 2.18 bits per heavy atom. The van der Waals surface area contributed by atoms with Gasteiger partial charge >= 0.3 is 0 Å². The Kier molecular flexibility index (Phi) is 6.49. The van der Waals surface area contributed by atoms with Gasteiger partial charge in [-0.15, -0.1) is 0 Å². The van der Waals surface area contributed by atoms with Crippen molar-refractivity contribution in [1.82, 2.24) is 15.1 Å². The molecule has 0 aromatic heterocycles. The smallest absolute Gasteiger partial charge is 0.0965 e. The van der Waals surface area contributed by atoms with Crippen LogP contribution in [0.4, 0.5) is 0 Å². The second-order valence-corrected chi connectivity index (χ2v) is 4.81. The summed E-state index contributed by atoms with van der Waals surface area (Å²) in [7, 11) is 0. The first-order chi connectivity index (χ1) is 8.21. The quantitative estimate of drug-likeness (QED) is 0.747. The van der Waals surface area contributed by atoms with E-state index < -0.39 is 0 Å². The Labute approximate surface area is 106 Å². The summed E-state index contributed by atoms with van der Waals surface area (Å²) < 4.78 is 0. The van der Waals surface area contributed by atoms with E-state index in [-0.39, 0.29) is 6.04 Å². The first kappa shape index (κ1) is 14.4. The maximum Gasteiger partial charge on any atom is 0.0965 e. The van der Waals surface area contributed by atoms with Crippen molar-refractivity contribution in [3.63, 3.8) is 0 Å². The van der Waals surface area contributed by atoms with Crippen LogP contribution in [-0.2, 0) is 0 Å². The van der Waals surface area contributed by atoms with E-state index in [9.17, 15) is 0 Å². The summed E-state index contributed by atoms with van der Waals surface area (Å²) in [6, 6.07) is 2.99. The number of hydrogen-bond acceptors (Lipinski definition) is 4. The van der Waals surface area contributed by atoms with Gasteiger partial charge in [0, 0.05) is 32.2 Å². The number of likely N-dealkylation sites (N-methyl/N-ethyl adjacent to an activating group) is 1. The van der Waals surface area contributed by atoms with Gasteiger partial charge in [-0.25, -0.2) is 0 Å². The lowest BCUT2D eigenvalue weighted by Gasteiger charge is -2.39. The Morgan fingerprint density at radius 3 is 2.71 bits per heavy atom. The molecular formula is C13H26N4. The molecule has 0 bridgehead atoms. The van der Waals surface area contributed by atoms with Gasteiger partial charge in [-0.3, -0.25) is 4.90 Å². The van der Waals surface area contributed by atoms with Crippen LogP contribution in [0.25, 0.3) is 0 Å². The summed E-state index contributed by atoms with van der Waals surface area (Å²) in [6.07, 6.45) is 0.934. The van der Waals surface area contributed by atoms with Crippen molar-refractivity contribution in [3.05, 3.63) is 0 Å². The summed E-state index contributed by atoms with van der Waals surface area (Å²) in [5.41, 5.74) is 0. The lowest BCUT2D eigenvalue weighted by Crippen LogP contribution is -2.52. The molecule has 4 nitrogen and oxygen atoms in total. The molecule has 0 radical (unpaired) electrons. The third kappa shape index (κ3) is 4.63. The van der Waals surface area contributed by atoms with Crippen molar-refractivity contribution in [1.29, 1.82) is 5.26 Å². The van der Waals surface area contributed by atoms with E-state index >= 15 is 0 Å². The molecule has 2 unspecified atom stereocenters. The second-order valence-electron chi connectivity index (χ2n) is 4.81. The minimum absolute atomic E-state index is 0.0134. The molecular weight excluding hydrogens is 212 g/mol. The topological polar surface area (TPSA) is 42.3 Å². The molecule has 0 aliphatic carbocycles. The number of piperazine rings is 1. The van der Waals surface area contributed by atoms with Crippen LogP contribution in [0.15, 0.2) is 0 Å². The van der Waals surface area contributed by atoms with Gasteiger partial charge in [-0.1, -0.05) is 13.8 Å². The standard InChI is InChI=1S/C13H26N4/c1-4-15-13(10-14)6-7-16-8-9-17(5-2)12(3)11-16/h12-13,15H,4-9,11H2,1-3H3. The normalized spacial score (nSPS) is 24.5. The first-order valence-corrected chi connectivity index (χ1v) is 6.80. The Morgan fingerprint density at radius 1 is 1.41 bits per heavy atom. The highest BCUT2D eigenvalue weighted by atomic mass is 15.3. The van der Waals surface area contributed by atoms with Crippen LogP contribution < -0.4 is 5.32 Å². The molecule has 1 heterocycles. The maximum atomic E-state index is 8.98. The monoisotopic (exact) mass is 238 g/mol. The minimum Gasteiger partial charge on any atom is -0.302 e. The molecule has 2 atom stereocenters. The number of hydrogen-bond donors (Lipinski definition) is 1. The van der Waals surface area contributed by atoms with E-state index in [1.54, 1.807) is 0 Å². The average molecular weight is 238 g/mol. The van der Waals surface area contributed by atoms with Crippen LogP contribution in [0.5, 0.6) is 0 Å². The van der Waals surface area contributed by atoms with Gasteiger partial charge in [-0.2, -0.15) is 5.26 Å². The molecule has 1 N–H and O–H groups in total. The zero-order valence-corrected chi connectivity index (χ0v) is 11.4. The van der Waals surface area contributed by atoms with Gasteiger partial charge in [0.1, 0.15) is 0 Å². The van der Waals surface area contributed by atoms with E-state index in [1.807, 2.05) is 6.92 Å². The number of nitrogens with one attached hydrogen (secondary N) is 1. The molecule has 4 heteroatoms. The van der Waals surface area contributed by atoms with Crippen LogP contribution in [0.1, 0.15) is 27.2 Å². The SMILES string of the molecule is CCNC(C#N)CCN1CCN(CC)C(C)C1. The van der Waals surface area contributed by atoms with Crippen molar-refractivity contribution >= 4 is 0 Å². The van der Waals surface area contributed by atoms with Gasteiger partial charge < -0.3 is 10.2 Å². The van der Waals surface area contributed by atoms with E-state index in [1.165, 1.54) is 0 Å². The highest BCUT2D eigenvalue weighted by Gasteiger charge is 2.22. The maximum absolute atomic E-state index is 8.98. The Balaban J connectivity index is 2.27. The molecule has 1 aliphatic rings. The molecule has 1 aliphatic heterocycles. The van der Waals surface area contributed by atoms with Crippen molar-refractivity contribution in [2.45, 2.75) is 39.3 Å². The fraction of sp³-hybridized carbons (Fsp3) is 0.923. The van der Waals surface area contributed by atoms with Crippen molar-refractivity contribution in [3.8, 4) is 6.07 Å². The van der Waals surface area contributed by atoms with Gasteiger partial charge in [0.25, 0.3) is 0 Å². The third-order valence-electron chi connectivity index (χ3n) is 3.60. The molecule has 17 heavy (non-hydrogen) atoms. The van der Waals surface area contributed by atoms with E-state index in [2.05, 4.69) is 35.0 Å². The predicted octanol–water partition coefficient (Wildman–Crippen LogP) is 0.904. The van der Waals surface area contributed by atoms with Crippen LogP contribution >= 0.6 is 0 Å². The number of nitriles is 1. The second kappa shape index (κ2) is 7.65. The van der Waals surface area contributed by atoms with Gasteiger partial charge in [0.2, 0.25) is 0 Å². The van der Waals surface area contributed by atoms with E-state index in [0.717, 1.165) is 45.7 Å². The molecule has 0 amide bonds. The summed E-state index contributed by atoms with van der Waals surface area (Å²) >= 11 is 0. The molecule has 0 spiro atoms. The lowest BCUT2D eigenvalue weighted by molar-refractivity contribution is 0.0864. The molecule has 98 valence electrons. The number of nitrogens with zero attached hydrogens (tertiary/aromatic N) is 3. The van der Waals surface area contributed by atoms with E-state index in [0.29, 0.717) is 6.04 Å². The average Bonchev–Trinajstić information content (AvgIpc) is 2.34. The van der Waals surface area contributed by atoms with Crippen LogP contribution in [0.2, 0.25) is 0 Å². The molecule has 0 aromatic rings. The molecule has 1 rings (SSSR count). The van der Waals surface area contributed by atoms with Crippen molar-refractivity contribution < 1.29 is 0 Å². The van der Waals surface area contributed by atoms with Crippen molar-refractivity contribution in [2.24, 2.45) is 0 Å². The summed E-state index contributed by atoms with van der Waals surface area (Å²) in [4.78, 5) is 5.00. The molecule has 0 saturated carbocycles. The summed E-state index contributed by atoms with van der Waals surface area (Å²) in [5.74, 6) is 0. The fourth-order valence-corrected chi connectivity index (χ4v) is 2.51. The number of rotatable bonds is 6. The third-order valence-corrected chi connectivity index (χ3v) is 3.60. The predicted molar refractivity (Wildman–Crippen MR) is 70.8 cm³/mol. The van der Waals surface area contributed by atoms with E-state index in [4.69, 9.17) is 5.26 Å². The summed E-state index contributed by atoms with van der Waals surface area (Å²) in [6.45, 7) is 13.1. The van der Waals surface area contributed by atoms with Gasteiger partial charge in [0.05, 0.1) is 12.1 Å². The van der Waals surface area contributed by atoms with Crippen LogP contribution in [-0.4, -0.2) is 61.2 Å². The molecule has 0 aromatic carbocycles. The van der Waals surface area contributed by atoms with Crippen LogP contribution in [0, 0.1) is 11.3 Å². The summed E-state index contributed by atoms with van der Waals surface area (Å²) in [5, 5.41) is 12.2. The first-order valence-electron chi connectivity index (χ1n) is 6.80. The lowest BCUT2D eigenvalue weighted by atomic mass is 10.1. The van der Waals surface area contributed by atoms with Crippen LogP contribution in [0.3, 0.4) is 0 Å². The fourth-order valence-electron chi connectivity index (χ4n) is 2.51. The Hall–Kier alpha value is -0.630. The minimum atomic E-state index is 0.0134. The largest absolute Gasteiger partial charge is 0.302 e. The van der Waals surface area contributed by atoms with Gasteiger partial charge in [-0.05, 0) is 26.4 Å². The Bertz CT molecular complexity index is 248. The molecule has 1 saturated heterocycles. The molecule has 1 fully saturated rings. The van der Waals surface area contributed by atoms with Gasteiger partial charge in [0.15, 0.2) is 0 Å². The highest BCUT2D eigenvalue weighted by molar-refractivity contribution is 4.90. The zero-order chi connectivity index (χ0) is 12.7. The van der Waals surface area contributed by atoms with Crippen molar-refractivity contribution in [2.75, 3.05) is 39.3 Å². The highest BCUT2D eigenvalue weighted by Crippen LogP contribution is 2.09.